The molecule has 0 amide bonds. The van der Waals surface area contributed by atoms with Crippen LogP contribution in [0, 0.1) is 0 Å². The van der Waals surface area contributed by atoms with Crippen molar-refractivity contribution >= 4 is 59.0 Å². The van der Waals surface area contributed by atoms with Gasteiger partial charge in [-0.3, -0.25) is 4.55 Å². The van der Waals surface area contributed by atoms with Gasteiger partial charge >= 0.3 is 48.9 Å². The van der Waals surface area contributed by atoms with Crippen molar-refractivity contribution in [2.24, 2.45) is 0 Å². The van der Waals surface area contributed by atoms with Crippen molar-refractivity contribution in [2.45, 2.75) is 4.90 Å². The second kappa shape index (κ2) is 4.66. The van der Waals surface area contributed by atoms with Crippen LogP contribution in [0.15, 0.2) is 29.2 Å². The molecule has 0 spiro atoms. The summed E-state index contributed by atoms with van der Waals surface area (Å²) in [5.74, 6) is -0.449. The standard InChI is InChI=1S/C6H6O4S.Ba.2H/c7-5-3-1-2-4-6(5)11(8,9)10;;;/h1-4,7H,(H,8,9,10);;;/q;+2;2*-1. The Morgan fingerprint density at radius 2 is 1.75 bits per heavy atom. The first kappa shape index (κ1) is 12.5. The Morgan fingerprint density at radius 3 is 2.08 bits per heavy atom. The normalized spacial score (nSPS) is 10.4. The van der Waals surface area contributed by atoms with Crippen molar-refractivity contribution in [3.63, 3.8) is 0 Å². The molecule has 2 N–H and O–H groups in total. The molecule has 64 valence electrons. The molecule has 0 atom stereocenters. The molecule has 1 aromatic rings. The van der Waals surface area contributed by atoms with Crippen molar-refractivity contribution < 1.29 is 20.9 Å². The van der Waals surface area contributed by atoms with Crippen molar-refractivity contribution in [2.75, 3.05) is 0 Å². The Kier molecular flexibility index (Phi) is 4.85. The number of hydrogen-bond acceptors (Lipinski definition) is 3. The van der Waals surface area contributed by atoms with E-state index in [0.717, 1.165) is 6.07 Å². The minimum atomic E-state index is -4.28. The van der Waals surface area contributed by atoms with Crippen LogP contribution in [0.4, 0.5) is 0 Å². The minimum Gasteiger partial charge on any atom is -1.00 e. The van der Waals surface area contributed by atoms with Crippen LogP contribution < -0.4 is 0 Å². The van der Waals surface area contributed by atoms with Crippen LogP contribution in [0.5, 0.6) is 5.75 Å². The van der Waals surface area contributed by atoms with Gasteiger partial charge in [0, 0.05) is 0 Å². The smallest absolute Gasteiger partial charge is 1.00 e. The quantitative estimate of drug-likeness (QED) is 0.584. The van der Waals surface area contributed by atoms with Gasteiger partial charge in [-0.1, -0.05) is 12.1 Å². The van der Waals surface area contributed by atoms with E-state index in [2.05, 4.69) is 0 Å². The number of benzene rings is 1. The molecule has 0 heterocycles. The molecule has 4 nitrogen and oxygen atoms in total. The van der Waals surface area contributed by atoms with Crippen LogP contribution in [0.3, 0.4) is 0 Å². The fraction of sp³-hybridized carbons (Fsp3) is 0. The minimum absolute atomic E-state index is 0. The first-order valence-electron chi connectivity index (χ1n) is 2.77. The molecule has 6 heteroatoms. The van der Waals surface area contributed by atoms with Crippen LogP contribution in [0.2, 0.25) is 0 Å². The van der Waals surface area contributed by atoms with E-state index in [9.17, 15) is 8.42 Å². The van der Waals surface area contributed by atoms with Gasteiger partial charge in [-0.2, -0.15) is 8.42 Å². The van der Waals surface area contributed by atoms with Crippen molar-refractivity contribution in [3.05, 3.63) is 24.3 Å². The third-order valence-corrected chi connectivity index (χ3v) is 2.04. The van der Waals surface area contributed by atoms with Gasteiger partial charge in [0.1, 0.15) is 10.6 Å². The monoisotopic (exact) mass is 314 g/mol. The molecule has 0 aliphatic rings. The largest absolute Gasteiger partial charge is 2.00 e. The average molecular weight is 314 g/mol. The Balaban J connectivity index is -0.000000403. The first-order chi connectivity index (χ1) is 5.02. The van der Waals surface area contributed by atoms with E-state index in [1.165, 1.54) is 18.2 Å². The second-order valence-corrected chi connectivity index (χ2v) is 3.33. The van der Waals surface area contributed by atoms with E-state index in [0.29, 0.717) is 0 Å². The summed E-state index contributed by atoms with van der Waals surface area (Å²) < 4.78 is 29.4. The van der Waals surface area contributed by atoms with Gasteiger partial charge in [0.25, 0.3) is 10.1 Å². The number of phenolic OH excluding ortho intramolecular Hbond substituents is 1. The number of phenols is 1. The van der Waals surface area contributed by atoms with Gasteiger partial charge in [-0.05, 0) is 12.1 Å². The summed E-state index contributed by atoms with van der Waals surface area (Å²) in [5, 5.41) is 8.91. The zero-order chi connectivity index (χ0) is 8.48. The van der Waals surface area contributed by atoms with Gasteiger partial charge in [-0.15, -0.1) is 0 Å². The second-order valence-electron chi connectivity index (χ2n) is 1.94. The van der Waals surface area contributed by atoms with Gasteiger partial charge in [0.05, 0.1) is 0 Å². The number of para-hydroxylation sites is 1. The van der Waals surface area contributed by atoms with E-state index in [-0.39, 0.29) is 51.7 Å². The molecule has 0 bridgehead atoms. The maximum atomic E-state index is 10.4. The van der Waals surface area contributed by atoms with Crippen molar-refractivity contribution in [1.82, 2.24) is 0 Å². The van der Waals surface area contributed by atoms with Crippen LogP contribution >= 0.6 is 0 Å². The molecular formula is C6H8BaO4S. The predicted molar refractivity (Wildman–Crippen MR) is 45.9 cm³/mol. The van der Waals surface area contributed by atoms with E-state index in [1.807, 2.05) is 0 Å². The summed E-state index contributed by atoms with van der Waals surface area (Å²) in [7, 11) is -4.28. The summed E-state index contributed by atoms with van der Waals surface area (Å²) in [4.78, 5) is -0.472. The molecule has 0 aromatic heterocycles. The maximum Gasteiger partial charge on any atom is 2.00 e. The molecule has 0 fully saturated rings. The molecule has 0 aliphatic heterocycles. The Bertz CT molecular complexity index is 368. The van der Waals surface area contributed by atoms with E-state index in [1.54, 1.807) is 0 Å². The number of aromatic hydroxyl groups is 1. The van der Waals surface area contributed by atoms with Crippen LogP contribution in [-0.4, -0.2) is 67.0 Å². The van der Waals surface area contributed by atoms with E-state index in [4.69, 9.17) is 9.66 Å². The first-order valence-corrected chi connectivity index (χ1v) is 4.21. The third-order valence-electron chi connectivity index (χ3n) is 1.14. The van der Waals surface area contributed by atoms with Crippen molar-refractivity contribution in [3.8, 4) is 5.75 Å². The summed E-state index contributed by atoms with van der Waals surface area (Å²) in [6.07, 6.45) is 0. The molecule has 0 saturated heterocycles. The van der Waals surface area contributed by atoms with E-state index < -0.39 is 20.8 Å². The summed E-state index contributed by atoms with van der Waals surface area (Å²) >= 11 is 0. The average Bonchev–Trinajstić information content (AvgIpc) is 1.86. The Hall–Kier alpha value is 0.501. The molecule has 0 radical (unpaired) electrons. The maximum absolute atomic E-state index is 10.4. The SMILES string of the molecule is O=S(=O)(O)c1ccccc1O.[Ba+2].[H-].[H-]. The number of rotatable bonds is 1. The Labute approximate surface area is 113 Å². The summed E-state index contributed by atoms with van der Waals surface area (Å²) in [6, 6.07) is 5.17. The van der Waals surface area contributed by atoms with Crippen LogP contribution in [0.1, 0.15) is 2.85 Å². The molecule has 0 unspecified atom stereocenters. The van der Waals surface area contributed by atoms with E-state index >= 15 is 0 Å². The van der Waals surface area contributed by atoms with Crippen LogP contribution in [0.25, 0.3) is 0 Å². The van der Waals surface area contributed by atoms with Gasteiger partial charge in [0.15, 0.2) is 0 Å². The fourth-order valence-electron chi connectivity index (χ4n) is 0.675. The van der Waals surface area contributed by atoms with Gasteiger partial charge in [-0.25, -0.2) is 0 Å². The molecule has 1 rings (SSSR count). The molecular weight excluding hydrogens is 305 g/mol. The predicted octanol–water partition coefficient (Wildman–Crippen LogP) is 0.483. The molecule has 1 aromatic carbocycles. The van der Waals surface area contributed by atoms with Gasteiger partial charge < -0.3 is 7.96 Å². The zero-order valence-corrected chi connectivity index (χ0v) is 11.4. The Morgan fingerprint density at radius 1 is 1.25 bits per heavy atom. The fourth-order valence-corrected chi connectivity index (χ4v) is 1.26. The topological polar surface area (TPSA) is 74.6 Å². The molecule has 12 heavy (non-hydrogen) atoms. The third kappa shape index (κ3) is 3.10. The zero-order valence-electron chi connectivity index (χ0n) is 8.14. The summed E-state index contributed by atoms with van der Waals surface area (Å²) in [5.41, 5.74) is 0. The summed E-state index contributed by atoms with van der Waals surface area (Å²) in [6.45, 7) is 0. The number of hydrogen-bond donors (Lipinski definition) is 2. The molecule has 0 aliphatic carbocycles. The van der Waals surface area contributed by atoms with Crippen LogP contribution in [-0.2, 0) is 10.1 Å². The van der Waals surface area contributed by atoms with Gasteiger partial charge in [0.2, 0.25) is 0 Å². The molecule has 0 saturated carbocycles. The van der Waals surface area contributed by atoms with Crippen molar-refractivity contribution in [1.29, 1.82) is 0 Å².